The molecule has 18 heavy (non-hydrogen) atoms. The van der Waals surface area contributed by atoms with E-state index in [9.17, 15) is 0 Å². The molecule has 2 nitrogen and oxygen atoms in total. The van der Waals surface area contributed by atoms with Crippen LogP contribution in [0.1, 0.15) is 54.2 Å². The van der Waals surface area contributed by atoms with E-state index in [4.69, 9.17) is 0 Å². The minimum atomic E-state index is 0.446. The second kappa shape index (κ2) is 6.40. The molecule has 3 unspecified atom stereocenters. The van der Waals surface area contributed by atoms with E-state index in [1.54, 1.807) is 0 Å². The summed E-state index contributed by atoms with van der Waals surface area (Å²) in [4.78, 5) is 5.95. The summed E-state index contributed by atoms with van der Waals surface area (Å²) < 4.78 is 0. The van der Waals surface area contributed by atoms with Crippen LogP contribution >= 0.6 is 23.1 Å². The number of hydrogen-bond donors (Lipinski definition) is 1. The molecule has 4 heteroatoms. The summed E-state index contributed by atoms with van der Waals surface area (Å²) in [6, 6.07) is 1.13. The van der Waals surface area contributed by atoms with Crippen LogP contribution < -0.4 is 5.32 Å². The highest BCUT2D eigenvalue weighted by Crippen LogP contribution is 2.30. The van der Waals surface area contributed by atoms with Crippen molar-refractivity contribution in [2.24, 2.45) is 0 Å². The van der Waals surface area contributed by atoms with Crippen molar-refractivity contribution in [3.63, 3.8) is 0 Å². The number of aromatic nitrogens is 1. The van der Waals surface area contributed by atoms with Gasteiger partial charge in [0.05, 0.1) is 10.7 Å². The maximum absolute atomic E-state index is 4.53. The smallest absolute Gasteiger partial charge is 0.0900 e. The molecule has 0 aromatic carbocycles. The number of rotatable bonds is 4. The van der Waals surface area contributed by atoms with E-state index in [2.05, 4.69) is 37.3 Å². The Labute approximate surface area is 119 Å². The first-order chi connectivity index (χ1) is 8.60. The third-order valence-corrected chi connectivity index (χ3v) is 6.13. The van der Waals surface area contributed by atoms with Crippen LogP contribution in [-0.4, -0.2) is 22.5 Å². The van der Waals surface area contributed by atoms with Crippen molar-refractivity contribution in [3.8, 4) is 0 Å². The SMILES string of the molecule is CSC1CCCC(NC(C)c2sc(C)nc2C)C1. The predicted molar refractivity (Wildman–Crippen MR) is 82.7 cm³/mol. The van der Waals surface area contributed by atoms with Crippen LogP contribution in [0.3, 0.4) is 0 Å². The topological polar surface area (TPSA) is 24.9 Å². The monoisotopic (exact) mass is 284 g/mol. The van der Waals surface area contributed by atoms with E-state index in [-0.39, 0.29) is 0 Å². The van der Waals surface area contributed by atoms with Gasteiger partial charge >= 0.3 is 0 Å². The highest BCUT2D eigenvalue weighted by Gasteiger charge is 2.23. The van der Waals surface area contributed by atoms with Crippen LogP contribution in [0.25, 0.3) is 0 Å². The zero-order valence-corrected chi connectivity index (χ0v) is 13.5. The largest absolute Gasteiger partial charge is 0.307 e. The minimum absolute atomic E-state index is 0.446. The maximum atomic E-state index is 4.53. The first-order valence-corrected chi connectivity index (χ1v) is 8.93. The van der Waals surface area contributed by atoms with Gasteiger partial charge in [0, 0.05) is 22.2 Å². The number of hydrogen-bond acceptors (Lipinski definition) is 4. The Bertz CT molecular complexity index is 389. The lowest BCUT2D eigenvalue weighted by molar-refractivity contribution is 0.354. The summed E-state index contributed by atoms with van der Waals surface area (Å²) in [5.74, 6) is 0. The van der Waals surface area contributed by atoms with E-state index in [1.807, 2.05) is 23.1 Å². The summed E-state index contributed by atoms with van der Waals surface area (Å²) in [6.45, 7) is 6.50. The average molecular weight is 284 g/mol. The molecule has 1 N–H and O–H groups in total. The zero-order chi connectivity index (χ0) is 13.1. The first-order valence-electron chi connectivity index (χ1n) is 6.83. The molecule has 0 saturated heterocycles. The number of nitrogens with one attached hydrogen (secondary N) is 1. The summed E-state index contributed by atoms with van der Waals surface area (Å²) in [6.07, 6.45) is 7.66. The van der Waals surface area contributed by atoms with Crippen molar-refractivity contribution in [2.75, 3.05) is 6.26 Å². The Morgan fingerprint density at radius 3 is 2.78 bits per heavy atom. The quantitative estimate of drug-likeness (QED) is 0.901. The van der Waals surface area contributed by atoms with Gasteiger partial charge in [-0.2, -0.15) is 11.8 Å². The predicted octanol–water partition coefficient (Wildman–Crippen LogP) is 4.08. The van der Waals surface area contributed by atoms with Gasteiger partial charge in [-0.3, -0.25) is 0 Å². The third-order valence-electron chi connectivity index (χ3n) is 3.78. The van der Waals surface area contributed by atoms with Gasteiger partial charge in [-0.25, -0.2) is 4.98 Å². The van der Waals surface area contributed by atoms with Gasteiger partial charge in [0.2, 0.25) is 0 Å². The van der Waals surface area contributed by atoms with Crippen molar-refractivity contribution < 1.29 is 0 Å². The number of thiazole rings is 1. The van der Waals surface area contributed by atoms with Crippen molar-refractivity contribution >= 4 is 23.1 Å². The molecule has 0 spiro atoms. The zero-order valence-electron chi connectivity index (χ0n) is 11.8. The molecule has 1 saturated carbocycles. The van der Waals surface area contributed by atoms with E-state index in [1.165, 1.54) is 41.3 Å². The highest BCUT2D eigenvalue weighted by molar-refractivity contribution is 7.99. The van der Waals surface area contributed by atoms with Crippen molar-refractivity contribution in [3.05, 3.63) is 15.6 Å². The molecule has 1 aromatic rings. The van der Waals surface area contributed by atoms with Crippen LogP contribution in [0.2, 0.25) is 0 Å². The van der Waals surface area contributed by atoms with Crippen LogP contribution in [0.4, 0.5) is 0 Å². The third kappa shape index (κ3) is 3.49. The molecule has 1 fully saturated rings. The Balaban J connectivity index is 1.94. The lowest BCUT2D eigenvalue weighted by Gasteiger charge is -2.31. The molecule has 0 amide bonds. The normalized spacial score (nSPS) is 26.2. The Morgan fingerprint density at radius 1 is 1.39 bits per heavy atom. The van der Waals surface area contributed by atoms with E-state index in [0.717, 1.165) is 5.25 Å². The van der Waals surface area contributed by atoms with Crippen molar-refractivity contribution in [1.82, 2.24) is 10.3 Å². The molecule has 0 bridgehead atoms. The number of nitrogens with zero attached hydrogens (tertiary/aromatic N) is 1. The van der Waals surface area contributed by atoms with Gasteiger partial charge in [0.1, 0.15) is 0 Å². The molecule has 0 aliphatic heterocycles. The number of thioether (sulfide) groups is 1. The van der Waals surface area contributed by atoms with Crippen LogP contribution in [0, 0.1) is 13.8 Å². The van der Waals surface area contributed by atoms with Gasteiger partial charge in [-0.05, 0) is 46.3 Å². The fourth-order valence-electron chi connectivity index (χ4n) is 2.89. The van der Waals surface area contributed by atoms with E-state index >= 15 is 0 Å². The van der Waals surface area contributed by atoms with Gasteiger partial charge in [-0.1, -0.05) is 6.42 Å². The van der Waals surface area contributed by atoms with Crippen LogP contribution in [0.5, 0.6) is 0 Å². The molecule has 3 atom stereocenters. The first kappa shape index (κ1) is 14.4. The number of aryl methyl sites for hydroxylation is 2. The van der Waals surface area contributed by atoms with Gasteiger partial charge in [0.15, 0.2) is 0 Å². The average Bonchev–Trinajstić information content (AvgIpc) is 2.69. The van der Waals surface area contributed by atoms with E-state index < -0.39 is 0 Å². The molecule has 102 valence electrons. The summed E-state index contributed by atoms with van der Waals surface area (Å²) in [5.41, 5.74) is 1.20. The fraction of sp³-hybridized carbons (Fsp3) is 0.786. The molecule has 1 aliphatic rings. The molecule has 1 heterocycles. The lowest BCUT2D eigenvalue weighted by atomic mass is 9.94. The van der Waals surface area contributed by atoms with Crippen LogP contribution in [0.15, 0.2) is 0 Å². The second-order valence-electron chi connectivity index (χ2n) is 5.29. The van der Waals surface area contributed by atoms with Crippen molar-refractivity contribution in [2.45, 2.75) is 63.8 Å². The summed E-state index contributed by atoms with van der Waals surface area (Å²) in [5, 5.41) is 5.85. The van der Waals surface area contributed by atoms with Gasteiger partial charge < -0.3 is 5.32 Å². The molecule has 2 rings (SSSR count). The van der Waals surface area contributed by atoms with Gasteiger partial charge in [-0.15, -0.1) is 11.3 Å². The Morgan fingerprint density at radius 2 is 2.17 bits per heavy atom. The Kier molecular flexibility index (Phi) is 5.10. The molecular formula is C14H24N2S2. The summed E-state index contributed by atoms with van der Waals surface area (Å²) >= 11 is 3.87. The highest BCUT2D eigenvalue weighted by atomic mass is 32.2. The molecular weight excluding hydrogens is 260 g/mol. The minimum Gasteiger partial charge on any atom is -0.307 e. The fourth-order valence-corrected chi connectivity index (χ4v) is 4.65. The lowest BCUT2D eigenvalue weighted by Crippen LogP contribution is -2.36. The standard InChI is InChI=1S/C14H24N2S2/c1-9-14(18-11(3)15-9)10(2)16-12-6-5-7-13(8-12)17-4/h10,12-13,16H,5-8H2,1-4H3. The maximum Gasteiger partial charge on any atom is 0.0900 e. The molecule has 1 aromatic heterocycles. The summed E-state index contributed by atoms with van der Waals surface area (Å²) in [7, 11) is 0. The second-order valence-corrected chi connectivity index (χ2v) is 7.66. The molecule has 0 radical (unpaired) electrons. The van der Waals surface area contributed by atoms with Crippen molar-refractivity contribution in [1.29, 1.82) is 0 Å². The van der Waals surface area contributed by atoms with Crippen LogP contribution in [-0.2, 0) is 0 Å². The molecule has 1 aliphatic carbocycles. The Hall–Kier alpha value is -0.0600. The van der Waals surface area contributed by atoms with E-state index in [0.29, 0.717) is 12.1 Å². The van der Waals surface area contributed by atoms with Gasteiger partial charge in [0.25, 0.3) is 0 Å².